The molecule has 1 unspecified atom stereocenters. The summed E-state index contributed by atoms with van der Waals surface area (Å²) in [6.45, 7) is -0.182. The Bertz CT molecular complexity index is 172. The molecule has 1 atom stereocenters. The smallest absolute Gasteiger partial charge is 0.291 e. The lowest BCUT2D eigenvalue weighted by molar-refractivity contribution is -0.149. The number of nitrogens with zero attached hydrogens (tertiary/aromatic N) is 1. The largest absolute Gasteiger partial charge is 0.401 e. The van der Waals surface area contributed by atoms with Crippen LogP contribution in [0.3, 0.4) is 0 Å². The normalized spacial score (nSPS) is 26.1. The molecule has 1 aliphatic rings. The van der Waals surface area contributed by atoms with Gasteiger partial charge in [-0.05, 0) is 19.4 Å². The molecule has 0 aromatic heterocycles. The number of likely N-dealkylation sites (tertiary alicyclic amines) is 1. The van der Waals surface area contributed by atoms with Gasteiger partial charge in [-0.1, -0.05) is 28.8 Å². The predicted molar refractivity (Wildman–Crippen MR) is 53.7 cm³/mol. The van der Waals surface area contributed by atoms with Crippen LogP contribution in [0.5, 0.6) is 0 Å². The highest BCUT2D eigenvalue weighted by Gasteiger charge is 2.33. The second-order valence-electron chi connectivity index (χ2n) is 3.74. The summed E-state index contributed by atoms with van der Waals surface area (Å²) in [6, 6.07) is 0.0547. The molecule has 14 heavy (non-hydrogen) atoms. The highest BCUT2D eigenvalue weighted by molar-refractivity contribution is 9.09. The van der Waals surface area contributed by atoms with Crippen molar-refractivity contribution < 1.29 is 13.2 Å². The van der Waals surface area contributed by atoms with Gasteiger partial charge >= 0.3 is 6.18 Å². The van der Waals surface area contributed by atoms with Crippen LogP contribution in [0, 0.1) is 0 Å². The molecule has 1 fully saturated rings. The van der Waals surface area contributed by atoms with E-state index < -0.39 is 12.7 Å². The van der Waals surface area contributed by atoms with E-state index in [1.54, 1.807) is 4.90 Å². The molecule has 1 nitrogen and oxygen atoms in total. The molecule has 1 saturated heterocycles. The number of rotatable bonds is 2. The number of alkyl halides is 4. The molecular formula is C9H15BrF3N. The summed E-state index contributed by atoms with van der Waals surface area (Å²) < 4.78 is 36.7. The van der Waals surface area contributed by atoms with Crippen LogP contribution in [0.2, 0.25) is 0 Å². The Morgan fingerprint density at radius 2 is 1.93 bits per heavy atom. The van der Waals surface area contributed by atoms with Crippen molar-refractivity contribution in [1.82, 2.24) is 4.90 Å². The maximum Gasteiger partial charge on any atom is 0.401 e. The number of hydrogen-bond donors (Lipinski definition) is 0. The maximum atomic E-state index is 12.2. The quantitative estimate of drug-likeness (QED) is 0.699. The highest BCUT2D eigenvalue weighted by Crippen LogP contribution is 2.23. The minimum atomic E-state index is -4.06. The van der Waals surface area contributed by atoms with E-state index in [1.807, 2.05) is 0 Å². The summed E-state index contributed by atoms with van der Waals surface area (Å²) in [6.07, 6.45) is -0.200. The average molecular weight is 274 g/mol. The van der Waals surface area contributed by atoms with Gasteiger partial charge in [-0.2, -0.15) is 13.2 Å². The first-order valence-corrected chi connectivity index (χ1v) is 6.02. The van der Waals surface area contributed by atoms with E-state index in [-0.39, 0.29) is 6.04 Å². The molecule has 0 aliphatic carbocycles. The van der Waals surface area contributed by atoms with E-state index in [4.69, 9.17) is 0 Å². The molecular weight excluding hydrogens is 259 g/mol. The Morgan fingerprint density at radius 1 is 1.21 bits per heavy atom. The molecule has 0 bridgehead atoms. The van der Waals surface area contributed by atoms with Crippen molar-refractivity contribution in [1.29, 1.82) is 0 Å². The fraction of sp³-hybridized carbons (Fsp3) is 1.00. The van der Waals surface area contributed by atoms with Gasteiger partial charge in [0.15, 0.2) is 0 Å². The molecule has 0 aromatic rings. The number of halogens is 4. The fourth-order valence-corrected chi connectivity index (χ4v) is 2.58. The highest BCUT2D eigenvalue weighted by atomic mass is 79.9. The van der Waals surface area contributed by atoms with Crippen LogP contribution in [0.4, 0.5) is 13.2 Å². The first-order chi connectivity index (χ1) is 6.53. The van der Waals surface area contributed by atoms with Crippen LogP contribution in [0.25, 0.3) is 0 Å². The Morgan fingerprint density at radius 3 is 2.50 bits per heavy atom. The van der Waals surface area contributed by atoms with Crippen molar-refractivity contribution in [2.75, 3.05) is 18.4 Å². The SMILES string of the molecule is FC(F)(F)CN1CCCCCC1CBr. The van der Waals surface area contributed by atoms with Crippen molar-refractivity contribution in [3.8, 4) is 0 Å². The van der Waals surface area contributed by atoms with Crippen LogP contribution < -0.4 is 0 Å². The Hall–Kier alpha value is 0.230. The lowest BCUT2D eigenvalue weighted by Crippen LogP contribution is -2.42. The summed E-state index contributed by atoms with van der Waals surface area (Å²) >= 11 is 3.28. The average Bonchev–Trinajstić information content (AvgIpc) is 2.27. The minimum Gasteiger partial charge on any atom is -0.291 e. The van der Waals surface area contributed by atoms with Gasteiger partial charge in [-0.25, -0.2) is 0 Å². The van der Waals surface area contributed by atoms with Gasteiger partial charge in [0.2, 0.25) is 0 Å². The van der Waals surface area contributed by atoms with Gasteiger partial charge in [0.05, 0.1) is 6.54 Å². The lowest BCUT2D eigenvalue weighted by atomic mass is 10.1. The lowest BCUT2D eigenvalue weighted by Gasteiger charge is -2.29. The van der Waals surface area contributed by atoms with Crippen molar-refractivity contribution >= 4 is 15.9 Å². The molecule has 84 valence electrons. The van der Waals surface area contributed by atoms with E-state index in [0.29, 0.717) is 11.9 Å². The van der Waals surface area contributed by atoms with Crippen LogP contribution in [0.1, 0.15) is 25.7 Å². The van der Waals surface area contributed by atoms with Crippen LogP contribution in [0.15, 0.2) is 0 Å². The van der Waals surface area contributed by atoms with Crippen molar-refractivity contribution in [2.45, 2.75) is 37.9 Å². The van der Waals surface area contributed by atoms with E-state index in [2.05, 4.69) is 15.9 Å². The van der Waals surface area contributed by atoms with E-state index in [1.165, 1.54) is 0 Å². The summed E-state index contributed by atoms with van der Waals surface area (Å²) in [5, 5.41) is 0.642. The molecule has 0 N–H and O–H groups in total. The van der Waals surface area contributed by atoms with Gasteiger partial charge in [-0.15, -0.1) is 0 Å². The second kappa shape index (κ2) is 5.35. The summed E-state index contributed by atoms with van der Waals surface area (Å²) in [4.78, 5) is 1.56. The summed E-state index contributed by atoms with van der Waals surface area (Å²) in [7, 11) is 0. The van der Waals surface area contributed by atoms with Gasteiger partial charge in [0.25, 0.3) is 0 Å². The maximum absolute atomic E-state index is 12.2. The molecule has 1 aliphatic heterocycles. The van der Waals surface area contributed by atoms with E-state index >= 15 is 0 Å². The summed E-state index contributed by atoms with van der Waals surface area (Å²) in [5.41, 5.74) is 0. The van der Waals surface area contributed by atoms with E-state index in [9.17, 15) is 13.2 Å². The molecule has 0 aromatic carbocycles. The zero-order valence-corrected chi connectivity index (χ0v) is 9.57. The molecule has 0 radical (unpaired) electrons. The second-order valence-corrected chi connectivity index (χ2v) is 4.39. The van der Waals surface area contributed by atoms with Gasteiger partial charge in [0, 0.05) is 11.4 Å². The third-order valence-electron chi connectivity index (χ3n) is 2.56. The molecule has 0 amide bonds. The Balaban J connectivity index is 2.52. The molecule has 0 spiro atoms. The number of hydrogen-bond acceptors (Lipinski definition) is 1. The standard InChI is InChI=1S/C9H15BrF3N/c10-6-8-4-2-1-3-5-14(8)7-9(11,12)13/h8H,1-7H2. The third kappa shape index (κ3) is 4.17. The monoisotopic (exact) mass is 273 g/mol. The molecule has 1 rings (SSSR count). The van der Waals surface area contributed by atoms with Crippen LogP contribution in [-0.4, -0.2) is 35.5 Å². The Labute approximate surface area is 90.8 Å². The fourth-order valence-electron chi connectivity index (χ4n) is 1.85. The van der Waals surface area contributed by atoms with Gasteiger partial charge in [-0.3, -0.25) is 4.90 Å². The summed E-state index contributed by atoms with van der Waals surface area (Å²) in [5.74, 6) is 0. The first-order valence-electron chi connectivity index (χ1n) is 4.89. The Kier molecular flexibility index (Phi) is 4.70. The third-order valence-corrected chi connectivity index (χ3v) is 3.31. The van der Waals surface area contributed by atoms with Crippen LogP contribution in [-0.2, 0) is 0 Å². The topological polar surface area (TPSA) is 3.24 Å². The zero-order chi connectivity index (χ0) is 10.6. The zero-order valence-electron chi connectivity index (χ0n) is 7.99. The minimum absolute atomic E-state index is 0.0547. The molecule has 5 heteroatoms. The first kappa shape index (κ1) is 12.3. The van der Waals surface area contributed by atoms with Crippen molar-refractivity contribution in [3.05, 3.63) is 0 Å². The predicted octanol–water partition coefficient (Wildman–Crippen LogP) is 3.19. The molecule has 1 heterocycles. The van der Waals surface area contributed by atoms with E-state index in [0.717, 1.165) is 25.7 Å². The van der Waals surface area contributed by atoms with Crippen molar-refractivity contribution in [2.24, 2.45) is 0 Å². The van der Waals surface area contributed by atoms with Gasteiger partial charge < -0.3 is 0 Å². The van der Waals surface area contributed by atoms with Gasteiger partial charge in [0.1, 0.15) is 0 Å². The van der Waals surface area contributed by atoms with Crippen LogP contribution >= 0.6 is 15.9 Å². The molecule has 0 saturated carbocycles. The van der Waals surface area contributed by atoms with Crippen molar-refractivity contribution in [3.63, 3.8) is 0 Å².